The molecule has 3 aromatic rings. The van der Waals surface area contributed by atoms with Gasteiger partial charge in [0.15, 0.2) is 0 Å². The third kappa shape index (κ3) is 7.53. The molecule has 0 bridgehead atoms. The molecular formula is C27H32FN5O2. The van der Waals surface area contributed by atoms with Crippen molar-refractivity contribution < 1.29 is 14.0 Å². The van der Waals surface area contributed by atoms with E-state index >= 15 is 0 Å². The molecule has 0 saturated heterocycles. The maximum absolute atomic E-state index is 13.0. The van der Waals surface area contributed by atoms with Gasteiger partial charge in [0, 0.05) is 38.4 Å². The second-order valence-corrected chi connectivity index (χ2v) is 8.55. The van der Waals surface area contributed by atoms with Crippen molar-refractivity contribution in [3.05, 3.63) is 77.9 Å². The Morgan fingerprint density at radius 3 is 2.40 bits per heavy atom. The molecule has 1 atom stereocenters. The molecule has 0 heterocycles. The fourth-order valence-electron chi connectivity index (χ4n) is 3.66. The van der Waals surface area contributed by atoms with Gasteiger partial charge in [0.25, 0.3) is 5.91 Å². The number of alkyl halides is 1. The minimum atomic E-state index is -0.865. The summed E-state index contributed by atoms with van der Waals surface area (Å²) in [7, 11) is 3.95. The van der Waals surface area contributed by atoms with Gasteiger partial charge in [-0.2, -0.15) is 0 Å². The van der Waals surface area contributed by atoms with Crippen LogP contribution in [0.5, 0.6) is 0 Å². The SMILES string of the molecule is CN(C)c1ccc2cc(C(=O)N[C@@H](CCCNC(=N)CF)C(=O)NCc3ccccc3)ccc2c1. The average molecular weight is 478 g/mol. The summed E-state index contributed by atoms with van der Waals surface area (Å²) in [4.78, 5) is 28.0. The van der Waals surface area contributed by atoms with Crippen molar-refractivity contribution in [3.8, 4) is 0 Å². The van der Waals surface area contributed by atoms with E-state index in [1.165, 1.54) is 0 Å². The Bertz CT molecular complexity index is 1170. The number of rotatable bonds is 11. The zero-order valence-corrected chi connectivity index (χ0v) is 20.1. The average Bonchev–Trinajstić information content (AvgIpc) is 2.88. The lowest BCUT2D eigenvalue weighted by atomic mass is 10.0. The minimum Gasteiger partial charge on any atom is -0.378 e. The van der Waals surface area contributed by atoms with Gasteiger partial charge >= 0.3 is 0 Å². The molecule has 0 saturated carbocycles. The molecule has 2 amide bonds. The highest BCUT2D eigenvalue weighted by atomic mass is 19.1. The largest absolute Gasteiger partial charge is 0.378 e. The van der Waals surface area contributed by atoms with Crippen LogP contribution in [0, 0.1) is 5.41 Å². The summed E-state index contributed by atoms with van der Waals surface area (Å²) in [6.45, 7) is -0.179. The number of carbonyl (C=O) groups is 2. The van der Waals surface area contributed by atoms with Gasteiger partial charge in [0.05, 0.1) is 0 Å². The molecule has 3 rings (SSSR count). The monoisotopic (exact) mass is 477 g/mol. The van der Waals surface area contributed by atoms with Crippen LogP contribution in [0.3, 0.4) is 0 Å². The molecule has 7 nitrogen and oxygen atoms in total. The van der Waals surface area contributed by atoms with Crippen LogP contribution < -0.4 is 20.9 Å². The molecule has 3 aromatic carbocycles. The summed E-state index contributed by atoms with van der Waals surface area (Å²) in [6.07, 6.45) is 0.829. The van der Waals surface area contributed by atoms with Crippen molar-refractivity contribution in [2.45, 2.75) is 25.4 Å². The normalized spacial score (nSPS) is 11.5. The zero-order chi connectivity index (χ0) is 25.2. The quantitative estimate of drug-likeness (QED) is 0.193. The highest BCUT2D eigenvalue weighted by Crippen LogP contribution is 2.22. The van der Waals surface area contributed by atoms with Crippen LogP contribution in [-0.4, -0.2) is 51.0 Å². The van der Waals surface area contributed by atoms with Crippen LogP contribution in [-0.2, 0) is 11.3 Å². The van der Waals surface area contributed by atoms with Gasteiger partial charge < -0.3 is 20.9 Å². The molecule has 0 fully saturated rings. The van der Waals surface area contributed by atoms with Crippen LogP contribution >= 0.6 is 0 Å². The third-order valence-corrected chi connectivity index (χ3v) is 5.68. The van der Waals surface area contributed by atoms with Crippen LogP contribution in [0.4, 0.5) is 10.1 Å². The second kappa shape index (κ2) is 12.5. The van der Waals surface area contributed by atoms with E-state index < -0.39 is 12.7 Å². The van der Waals surface area contributed by atoms with Gasteiger partial charge in [-0.05, 0) is 53.4 Å². The Kier molecular flexibility index (Phi) is 9.17. The number of carbonyl (C=O) groups excluding carboxylic acids is 2. The van der Waals surface area contributed by atoms with E-state index in [0.717, 1.165) is 22.0 Å². The molecule has 0 radical (unpaired) electrons. The smallest absolute Gasteiger partial charge is 0.251 e. The molecule has 8 heteroatoms. The van der Waals surface area contributed by atoms with E-state index in [-0.39, 0.29) is 17.6 Å². The standard InChI is InChI=1S/C27H32FN5O2/c1-33(2)23-13-12-20-15-22(11-10-21(20)16-23)26(34)32-24(9-6-14-30-25(29)17-28)27(35)31-18-19-7-4-3-5-8-19/h3-5,7-8,10-13,15-16,24H,6,9,14,17-18H2,1-2H3,(H2,29,30)(H,31,35)(H,32,34)/t24-/m0/s1. The first-order chi connectivity index (χ1) is 16.9. The fraction of sp³-hybridized carbons (Fsp3) is 0.296. The minimum absolute atomic E-state index is 0.201. The van der Waals surface area contributed by atoms with Crippen LogP contribution in [0.2, 0.25) is 0 Å². The van der Waals surface area contributed by atoms with Crippen molar-refractivity contribution >= 4 is 34.1 Å². The van der Waals surface area contributed by atoms with E-state index in [2.05, 4.69) is 22.0 Å². The number of nitrogens with zero attached hydrogens (tertiary/aromatic N) is 1. The molecular weight excluding hydrogens is 445 g/mol. The molecule has 0 aliphatic rings. The van der Waals surface area contributed by atoms with Crippen LogP contribution in [0.25, 0.3) is 10.8 Å². The van der Waals surface area contributed by atoms with E-state index in [1.807, 2.05) is 73.6 Å². The topological polar surface area (TPSA) is 97.3 Å². The van der Waals surface area contributed by atoms with Gasteiger partial charge in [0.1, 0.15) is 18.6 Å². The van der Waals surface area contributed by atoms with Gasteiger partial charge in [0.2, 0.25) is 5.91 Å². The number of fused-ring (bicyclic) bond motifs is 1. The first-order valence-electron chi connectivity index (χ1n) is 11.6. The fourth-order valence-corrected chi connectivity index (χ4v) is 3.66. The number of amidine groups is 1. The lowest BCUT2D eigenvalue weighted by Crippen LogP contribution is -2.46. The van der Waals surface area contributed by atoms with Gasteiger partial charge in [-0.3, -0.25) is 15.0 Å². The second-order valence-electron chi connectivity index (χ2n) is 8.55. The Morgan fingerprint density at radius 1 is 0.971 bits per heavy atom. The first kappa shape index (κ1) is 25.7. The number of anilines is 1. The van der Waals surface area contributed by atoms with E-state index in [4.69, 9.17) is 5.41 Å². The van der Waals surface area contributed by atoms with Gasteiger partial charge in [-0.25, -0.2) is 4.39 Å². The van der Waals surface area contributed by atoms with Crippen LogP contribution in [0.1, 0.15) is 28.8 Å². The number of benzene rings is 3. The maximum atomic E-state index is 13.0. The molecule has 0 aliphatic carbocycles. The van der Waals surface area contributed by atoms with E-state index in [1.54, 1.807) is 6.07 Å². The highest BCUT2D eigenvalue weighted by molar-refractivity contribution is 6.01. The van der Waals surface area contributed by atoms with Crippen molar-refractivity contribution in [1.82, 2.24) is 16.0 Å². The lowest BCUT2D eigenvalue weighted by Gasteiger charge is -2.19. The summed E-state index contributed by atoms with van der Waals surface area (Å²) in [5.41, 5.74) is 2.49. The lowest BCUT2D eigenvalue weighted by molar-refractivity contribution is -0.123. The van der Waals surface area contributed by atoms with Crippen molar-refractivity contribution in [2.75, 3.05) is 32.2 Å². The van der Waals surface area contributed by atoms with E-state index in [9.17, 15) is 14.0 Å². The summed E-state index contributed by atoms with van der Waals surface area (Å²) < 4.78 is 12.5. The Morgan fingerprint density at radius 2 is 1.69 bits per heavy atom. The number of amides is 2. The summed E-state index contributed by atoms with van der Waals surface area (Å²) in [5, 5.41) is 17.7. The molecule has 0 aromatic heterocycles. The van der Waals surface area contributed by atoms with Crippen molar-refractivity contribution in [2.24, 2.45) is 0 Å². The predicted molar refractivity (Wildman–Crippen MR) is 139 cm³/mol. The van der Waals surface area contributed by atoms with Gasteiger partial charge in [-0.15, -0.1) is 0 Å². The summed E-state index contributed by atoms with van der Waals surface area (Å²) >= 11 is 0. The summed E-state index contributed by atoms with van der Waals surface area (Å²) in [6, 6.07) is 20.2. The Hall–Kier alpha value is -3.94. The summed E-state index contributed by atoms with van der Waals surface area (Å²) in [5.74, 6) is -0.834. The van der Waals surface area contributed by atoms with Crippen molar-refractivity contribution in [1.29, 1.82) is 5.41 Å². The number of hydrogen-bond donors (Lipinski definition) is 4. The highest BCUT2D eigenvalue weighted by Gasteiger charge is 2.21. The number of nitrogens with one attached hydrogen (secondary N) is 4. The first-order valence-corrected chi connectivity index (χ1v) is 11.6. The molecule has 0 unspecified atom stereocenters. The number of hydrogen-bond acceptors (Lipinski definition) is 4. The van der Waals surface area contributed by atoms with E-state index in [0.29, 0.717) is 31.5 Å². The van der Waals surface area contributed by atoms with Crippen LogP contribution in [0.15, 0.2) is 66.7 Å². The molecule has 4 N–H and O–H groups in total. The molecule has 0 aliphatic heterocycles. The van der Waals surface area contributed by atoms with Crippen molar-refractivity contribution in [3.63, 3.8) is 0 Å². The molecule has 184 valence electrons. The molecule has 35 heavy (non-hydrogen) atoms. The van der Waals surface area contributed by atoms with Gasteiger partial charge in [-0.1, -0.05) is 42.5 Å². The Balaban J connectivity index is 1.69. The third-order valence-electron chi connectivity index (χ3n) is 5.68. The zero-order valence-electron chi connectivity index (χ0n) is 20.1. The Labute approximate surface area is 205 Å². The molecule has 0 spiro atoms. The number of halogens is 1. The maximum Gasteiger partial charge on any atom is 0.251 e. The predicted octanol–water partition coefficient (Wildman–Crippen LogP) is 3.64.